The van der Waals surface area contributed by atoms with Crippen molar-refractivity contribution in [3.8, 4) is 0 Å². The number of carboxylic acids is 1. The zero-order valence-electron chi connectivity index (χ0n) is 9.98. The molecule has 1 fully saturated rings. The van der Waals surface area contributed by atoms with Crippen LogP contribution in [-0.4, -0.2) is 41.7 Å². The third kappa shape index (κ3) is 2.74. The van der Waals surface area contributed by atoms with E-state index in [1.165, 1.54) is 0 Å². The summed E-state index contributed by atoms with van der Waals surface area (Å²) in [5.41, 5.74) is -1.36. The smallest absolute Gasteiger partial charge is 0.318 e. The Labute approximate surface area is 95.7 Å². The number of carbonyl (C=O) groups is 1. The van der Waals surface area contributed by atoms with E-state index in [2.05, 4.69) is 0 Å². The highest BCUT2D eigenvalue weighted by Crippen LogP contribution is 2.41. The summed E-state index contributed by atoms with van der Waals surface area (Å²) in [7, 11) is -3.66. The molecule has 1 N–H and O–H groups in total. The first-order valence-corrected chi connectivity index (χ1v) is 6.81. The number of hydrogen-bond acceptors (Lipinski definition) is 4. The molecule has 1 heterocycles. The molecule has 0 aromatic heterocycles. The summed E-state index contributed by atoms with van der Waals surface area (Å²) in [5, 5.41) is 7.83. The first-order valence-electron chi connectivity index (χ1n) is 5.10. The van der Waals surface area contributed by atoms with Gasteiger partial charge in [0.15, 0.2) is 9.84 Å². The highest BCUT2D eigenvalue weighted by atomic mass is 32.2. The zero-order chi connectivity index (χ0) is 12.8. The van der Waals surface area contributed by atoms with E-state index in [1.54, 1.807) is 13.8 Å². The van der Waals surface area contributed by atoms with E-state index in [0.717, 1.165) is 0 Å². The van der Waals surface area contributed by atoms with Crippen LogP contribution in [0, 0.1) is 0 Å². The van der Waals surface area contributed by atoms with Gasteiger partial charge in [0, 0.05) is 0 Å². The molecule has 16 heavy (non-hydrogen) atoms. The van der Waals surface area contributed by atoms with Crippen molar-refractivity contribution in [1.82, 2.24) is 0 Å². The molecule has 1 saturated heterocycles. The molecule has 94 valence electrons. The Morgan fingerprint density at radius 1 is 1.38 bits per heavy atom. The van der Waals surface area contributed by atoms with E-state index in [0.29, 0.717) is 6.42 Å². The molecule has 5 nitrogen and oxygen atoms in total. The standard InChI is InChI=1S/C10H18O5S/c1-9(2)5-7(10(3,4)15-9)16(13,14)6-8(11)12/h7H,5-6H2,1-4H3,(H,11,12). The van der Waals surface area contributed by atoms with Gasteiger partial charge in [-0.3, -0.25) is 4.79 Å². The second-order valence-electron chi connectivity index (χ2n) is 5.36. The highest BCUT2D eigenvalue weighted by molar-refractivity contribution is 7.92. The fourth-order valence-electron chi connectivity index (χ4n) is 2.34. The number of rotatable bonds is 3. The summed E-state index contributed by atoms with van der Waals surface area (Å²) in [6.07, 6.45) is 0.329. The van der Waals surface area contributed by atoms with Crippen LogP contribution in [0.2, 0.25) is 0 Å². The van der Waals surface area contributed by atoms with Crippen LogP contribution in [0.1, 0.15) is 34.1 Å². The van der Waals surface area contributed by atoms with Crippen molar-refractivity contribution in [3.05, 3.63) is 0 Å². The third-order valence-electron chi connectivity index (χ3n) is 2.75. The first kappa shape index (κ1) is 13.4. The molecule has 0 saturated carbocycles. The van der Waals surface area contributed by atoms with Gasteiger partial charge in [0.2, 0.25) is 0 Å². The van der Waals surface area contributed by atoms with Crippen LogP contribution in [0.15, 0.2) is 0 Å². The van der Waals surface area contributed by atoms with Gasteiger partial charge in [-0.2, -0.15) is 0 Å². The quantitative estimate of drug-likeness (QED) is 0.802. The van der Waals surface area contributed by atoms with Crippen molar-refractivity contribution in [3.63, 3.8) is 0 Å². The lowest BCUT2D eigenvalue weighted by molar-refractivity contribution is -0.134. The van der Waals surface area contributed by atoms with Gasteiger partial charge in [0.25, 0.3) is 0 Å². The molecule has 0 radical (unpaired) electrons. The van der Waals surface area contributed by atoms with Crippen molar-refractivity contribution in [1.29, 1.82) is 0 Å². The van der Waals surface area contributed by atoms with Crippen molar-refractivity contribution in [2.75, 3.05) is 5.75 Å². The third-order valence-corrected chi connectivity index (χ3v) is 5.00. The lowest BCUT2D eigenvalue weighted by Crippen LogP contribution is -2.40. The van der Waals surface area contributed by atoms with Gasteiger partial charge in [-0.05, 0) is 34.1 Å². The maximum Gasteiger partial charge on any atom is 0.318 e. The van der Waals surface area contributed by atoms with Crippen LogP contribution >= 0.6 is 0 Å². The molecule has 0 bridgehead atoms. The lowest BCUT2D eigenvalue weighted by atomic mass is 10.0. The number of ether oxygens (including phenoxy) is 1. The second kappa shape index (κ2) is 3.70. The molecule has 0 aliphatic carbocycles. The van der Waals surface area contributed by atoms with Crippen molar-refractivity contribution in [2.24, 2.45) is 0 Å². The predicted molar refractivity (Wildman–Crippen MR) is 59.1 cm³/mol. The van der Waals surface area contributed by atoms with Crippen LogP contribution in [0.25, 0.3) is 0 Å². The molecule has 0 amide bonds. The molecule has 6 heteroatoms. The monoisotopic (exact) mass is 250 g/mol. The number of sulfone groups is 1. The molecule has 1 atom stereocenters. The average molecular weight is 250 g/mol. The fourth-order valence-corrected chi connectivity index (χ4v) is 4.46. The number of hydrogen-bond donors (Lipinski definition) is 1. The molecule has 1 unspecified atom stereocenters. The Morgan fingerprint density at radius 2 is 1.88 bits per heavy atom. The molecule has 1 aliphatic heterocycles. The molecule has 0 spiro atoms. The second-order valence-corrected chi connectivity index (χ2v) is 7.54. The summed E-state index contributed by atoms with van der Waals surface area (Å²) < 4.78 is 29.4. The summed E-state index contributed by atoms with van der Waals surface area (Å²) in [5.74, 6) is -2.15. The summed E-state index contributed by atoms with van der Waals surface area (Å²) in [6, 6.07) is 0. The average Bonchev–Trinajstić information content (AvgIpc) is 2.16. The van der Waals surface area contributed by atoms with Crippen LogP contribution in [0.3, 0.4) is 0 Å². The van der Waals surface area contributed by atoms with Gasteiger partial charge in [-0.25, -0.2) is 8.42 Å². The van der Waals surface area contributed by atoms with Gasteiger partial charge in [-0.1, -0.05) is 0 Å². The SMILES string of the molecule is CC1(C)CC(S(=O)(=O)CC(=O)O)C(C)(C)O1. The Morgan fingerprint density at radius 3 is 2.19 bits per heavy atom. The van der Waals surface area contributed by atoms with Crippen molar-refractivity contribution >= 4 is 15.8 Å². The highest BCUT2D eigenvalue weighted by Gasteiger charge is 2.52. The van der Waals surface area contributed by atoms with Gasteiger partial charge < -0.3 is 9.84 Å². The fraction of sp³-hybridized carbons (Fsp3) is 0.900. The molecule has 1 aliphatic rings. The number of aliphatic carboxylic acids is 1. The van der Waals surface area contributed by atoms with Gasteiger partial charge in [-0.15, -0.1) is 0 Å². The van der Waals surface area contributed by atoms with Crippen LogP contribution in [0.5, 0.6) is 0 Å². The Kier molecular flexibility index (Phi) is 3.11. The maximum absolute atomic E-state index is 11.9. The minimum atomic E-state index is -3.66. The van der Waals surface area contributed by atoms with Gasteiger partial charge in [0.05, 0.1) is 16.5 Å². The van der Waals surface area contributed by atoms with E-state index in [9.17, 15) is 13.2 Å². The molecule has 0 aromatic carbocycles. The van der Waals surface area contributed by atoms with Gasteiger partial charge in [0.1, 0.15) is 5.75 Å². The van der Waals surface area contributed by atoms with Gasteiger partial charge >= 0.3 is 5.97 Å². The Bertz CT molecular complexity index is 393. The van der Waals surface area contributed by atoms with Crippen molar-refractivity contribution < 1.29 is 23.1 Å². The van der Waals surface area contributed by atoms with E-state index in [1.807, 2.05) is 13.8 Å². The predicted octanol–water partition coefficient (Wildman–Crippen LogP) is 0.832. The Balaban J connectivity index is 3.02. The topological polar surface area (TPSA) is 80.7 Å². The minimum absolute atomic E-state index is 0.329. The Hall–Kier alpha value is -0.620. The van der Waals surface area contributed by atoms with E-state index >= 15 is 0 Å². The molecular weight excluding hydrogens is 232 g/mol. The van der Waals surface area contributed by atoms with E-state index in [-0.39, 0.29) is 0 Å². The zero-order valence-corrected chi connectivity index (χ0v) is 10.8. The largest absolute Gasteiger partial charge is 0.480 e. The van der Waals surface area contributed by atoms with E-state index in [4.69, 9.17) is 9.84 Å². The first-order chi connectivity index (χ1) is 6.96. The van der Waals surface area contributed by atoms with Crippen molar-refractivity contribution in [2.45, 2.75) is 50.6 Å². The van der Waals surface area contributed by atoms with Crippen LogP contribution in [0.4, 0.5) is 0 Å². The summed E-state index contributed by atoms with van der Waals surface area (Å²) in [6.45, 7) is 6.99. The molecular formula is C10H18O5S. The number of carboxylic acid groups (broad SMARTS) is 1. The van der Waals surface area contributed by atoms with Crippen LogP contribution in [-0.2, 0) is 19.4 Å². The lowest BCUT2D eigenvalue weighted by Gasteiger charge is -2.26. The normalized spacial score (nSPS) is 27.9. The minimum Gasteiger partial charge on any atom is -0.480 e. The van der Waals surface area contributed by atoms with E-state index < -0.39 is 38.0 Å². The summed E-state index contributed by atoms with van der Waals surface area (Å²) in [4.78, 5) is 10.5. The molecule has 1 rings (SSSR count). The van der Waals surface area contributed by atoms with Crippen LogP contribution < -0.4 is 0 Å². The maximum atomic E-state index is 11.9. The molecule has 0 aromatic rings. The summed E-state index contributed by atoms with van der Waals surface area (Å²) >= 11 is 0.